The van der Waals surface area contributed by atoms with E-state index in [-0.39, 0.29) is 17.4 Å². The van der Waals surface area contributed by atoms with E-state index in [1.54, 1.807) is 38.2 Å². The van der Waals surface area contributed by atoms with Gasteiger partial charge in [-0.25, -0.2) is 4.68 Å². The molecule has 0 saturated heterocycles. The molecule has 0 amide bonds. The summed E-state index contributed by atoms with van der Waals surface area (Å²) in [6, 6.07) is 10.7. The first-order valence-electron chi connectivity index (χ1n) is 7.27. The molecule has 0 fully saturated rings. The smallest absolute Gasteiger partial charge is 0.353 e. The number of carbonyl (C=O) groups is 1. The van der Waals surface area contributed by atoms with Gasteiger partial charge in [0.2, 0.25) is 0 Å². The van der Waals surface area contributed by atoms with Crippen molar-refractivity contribution >= 4 is 22.2 Å². The van der Waals surface area contributed by atoms with Crippen molar-refractivity contribution < 1.29 is 14.5 Å². The maximum absolute atomic E-state index is 11.4. The summed E-state index contributed by atoms with van der Waals surface area (Å²) in [5.74, 6) is 0.541. The third kappa shape index (κ3) is 2.71. The summed E-state index contributed by atoms with van der Waals surface area (Å²) in [7, 11) is 1.59. The summed E-state index contributed by atoms with van der Waals surface area (Å²) in [5, 5.41) is 17.0. The van der Waals surface area contributed by atoms with E-state index in [0.717, 1.165) is 10.8 Å². The van der Waals surface area contributed by atoms with Gasteiger partial charge in [0.1, 0.15) is 11.4 Å². The van der Waals surface area contributed by atoms with E-state index in [1.165, 1.54) is 11.6 Å². The third-order valence-electron chi connectivity index (χ3n) is 3.75. The zero-order chi connectivity index (χ0) is 17.4. The fraction of sp³-hybridized carbons (Fsp3) is 0.176. The van der Waals surface area contributed by atoms with Crippen molar-refractivity contribution in [2.75, 3.05) is 0 Å². The number of benzene rings is 2. The van der Waals surface area contributed by atoms with Gasteiger partial charge in [0.05, 0.1) is 4.92 Å². The van der Waals surface area contributed by atoms with E-state index in [4.69, 9.17) is 4.74 Å². The molecule has 0 aliphatic heterocycles. The molecule has 7 heteroatoms. The highest BCUT2D eigenvalue weighted by molar-refractivity contribution is 5.98. The number of hydrogen-bond acceptors (Lipinski definition) is 5. The minimum Gasteiger partial charge on any atom is -0.434 e. The molecule has 7 nitrogen and oxygen atoms in total. The Bertz CT molecular complexity index is 975. The maximum atomic E-state index is 11.4. The van der Waals surface area contributed by atoms with Gasteiger partial charge in [0.15, 0.2) is 5.78 Å². The first-order chi connectivity index (χ1) is 11.4. The lowest BCUT2D eigenvalue weighted by Crippen LogP contribution is -1.97. The molecule has 0 saturated carbocycles. The van der Waals surface area contributed by atoms with Crippen LogP contribution in [0.25, 0.3) is 10.8 Å². The fourth-order valence-corrected chi connectivity index (χ4v) is 2.57. The molecule has 0 bridgehead atoms. The Hall–Kier alpha value is -3.22. The second-order valence-corrected chi connectivity index (χ2v) is 5.50. The topological polar surface area (TPSA) is 87.3 Å². The van der Waals surface area contributed by atoms with Crippen LogP contribution < -0.4 is 4.74 Å². The average molecular weight is 325 g/mol. The summed E-state index contributed by atoms with van der Waals surface area (Å²) >= 11 is 0. The van der Waals surface area contributed by atoms with Crippen LogP contribution in [0.5, 0.6) is 11.6 Å². The largest absolute Gasteiger partial charge is 0.434 e. The van der Waals surface area contributed by atoms with Gasteiger partial charge >= 0.3 is 5.69 Å². The lowest BCUT2D eigenvalue weighted by atomic mass is 10.0. The SMILES string of the molecule is CC(=O)c1ccc2cc(Oc3c([N+](=O)[O-])c(C)nn3C)ccc2c1. The van der Waals surface area contributed by atoms with Crippen molar-refractivity contribution in [2.45, 2.75) is 13.8 Å². The van der Waals surface area contributed by atoms with Crippen LogP contribution in [0.3, 0.4) is 0 Å². The first-order valence-corrected chi connectivity index (χ1v) is 7.27. The second kappa shape index (κ2) is 5.77. The van der Waals surface area contributed by atoms with Gasteiger partial charge in [0, 0.05) is 12.6 Å². The van der Waals surface area contributed by atoms with Crippen LogP contribution in [-0.2, 0) is 7.05 Å². The quantitative estimate of drug-likeness (QED) is 0.414. The molecule has 0 N–H and O–H groups in total. The standard InChI is InChI=1S/C17H15N3O4/c1-10-16(20(22)23)17(19(3)18-10)24-15-7-6-13-8-12(11(2)21)4-5-14(13)9-15/h4-9H,1-3H3. The van der Waals surface area contributed by atoms with Gasteiger partial charge in [-0.1, -0.05) is 18.2 Å². The van der Waals surface area contributed by atoms with E-state index in [2.05, 4.69) is 5.10 Å². The normalized spacial score (nSPS) is 10.8. The Kier molecular flexibility index (Phi) is 3.76. The van der Waals surface area contributed by atoms with Gasteiger partial charge < -0.3 is 4.74 Å². The monoisotopic (exact) mass is 325 g/mol. The van der Waals surface area contributed by atoms with Crippen molar-refractivity contribution in [1.82, 2.24) is 9.78 Å². The minimum absolute atomic E-state index is 0.00166. The van der Waals surface area contributed by atoms with Crippen molar-refractivity contribution in [3.63, 3.8) is 0 Å². The van der Waals surface area contributed by atoms with Crippen molar-refractivity contribution in [3.05, 3.63) is 57.8 Å². The van der Waals surface area contributed by atoms with E-state index in [9.17, 15) is 14.9 Å². The molecule has 1 heterocycles. The lowest BCUT2D eigenvalue weighted by Gasteiger charge is -2.07. The highest BCUT2D eigenvalue weighted by Gasteiger charge is 2.26. The number of nitro groups is 1. The molecular formula is C17H15N3O4. The summed E-state index contributed by atoms with van der Waals surface area (Å²) in [6.07, 6.45) is 0. The van der Waals surface area contributed by atoms with Gasteiger partial charge in [-0.3, -0.25) is 14.9 Å². The summed E-state index contributed by atoms with van der Waals surface area (Å²) < 4.78 is 7.04. The average Bonchev–Trinajstić information content (AvgIpc) is 2.80. The summed E-state index contributed by atoms with van der Waals surface area (Å²) in [4.78, 5) is 22.1. The molecule has 0 aliphatic rings. The molecule has 0 spiro atoms. The van der Waals surface area contributed by atoms with E-state index >= 15 is 0 Å². The number of carbonyl (C=O) groups excluding carboxylic acids is 1. The minimum atomic E-state index is -0.502. The Morgan fingerprint density at radius 2 is 1.88 bits per heavy atom. The van der Waals surface area contributed by atoms with Crippen LogP contribution in [0, 0.1) is 17.0 Å². The van der Waals surface area contributed by atoms with E-state index in [0.29, 0.717) is 17.0 Å². The zero-order valence-electron chi connectivity index (χ0n) is 13.4. The van der Waals surface area contributed by atoms with Crippen LogP contribution in [0.15, 0.2) is 36.4 Å². The Morgan fingerprint density at radius 3 is 2.54 bits per heavy atom. The van der Waals surface area contributed by atoms with E-state index < -0.39 is 4.92 Å². The Labute approximate surface area is 137 Å². The summed E-state index contributed by atoms with van der Waals surface area (Å²) in [5.41, 5.74) is 0.781. The number of ketones is 1. The van der Waals surface area contributed by atoms with Gasteiger partial charge in [-0.05, 0) is 42.8 Å². The van der Waals surface area contributed by atoms with Crippen LogP contribution in [-0.4, -0.2) is 20.5 Å². The second-order valence-electron chi connectivity index (χ2n) is 5.50. The highest BCUT2D eigenvalue weighted by Crippen LogP contribution is 2.34. The molecule has 0 unspecified atom stereocenters. The first kappa shape index (κ1) is 15.7. The maximum Gasteiger partial charge on any atom is 0.353 e. The number of aromatic nitrogens is 2. The molecule has 0 radical (unpaired) electrons. The number of Topliss-reactive ketones (excluding diaryl/α,β-unsaturated/α-hetero) is 1. The number of hydrogen-bond donors (Lipinski definition) is 0. The highest BCUT2D eigenvalue weighted by atomic mass is 16.6. The molecular weight excluding hydrogens is 310 g/mol. The van der Waals surface area contributed by atoms with E-state index in [1.807, 2.05) is 12.1 Å². The number of ether oxygens (including phenoxy) is 1. The van der Waals surface area contributed by atoms with Crippen LogP contribution in [0.2, 0.25) is 0 Å². The van der Waals surface area contributed by atoms with Gasteiger partial charge in [0.25, 0.3) is 5.88 Å². The number of fused-ring (bicyclic) bond motifs is 1. The Morgan fingerprint density at radius 1 is 1.21 bits per heavy atom. The predicted octanol–water partition coefficient (Wildman–Crippen LogP) is 3.78. The summed E-state index contributed by atoms with van der Waals surface area (Å²) in [6.45, 7) is 3.08. The third-order valence-corrected chi connectivity index (χ3v) is 3.75. The number of rotatable bonds is 4. The zero-order valence-corrected chi connectivity index (χ0v) is 13.4. The van der Waals surface area contributed by atoms with Crippen LogP contribution >= 0.6 is 0 Å². The lowest BCUT2D eigenvalue weighted by molar-refractivity contribution is -0.386. The molecule has 3 aromatic rings. The molecule has 0 aliphatic carbocycles. The molecule has 3 rings (SSSR count). The molecule has 1 aromatic heterocycles. The molecule has 0 atom stereocenters. The molecule has 2 aromatic carbocycles. The van der Waals surface area contributed by atoms with Gasteiger partial charge in [-0.15, -0.1) is 0 Å². The van der Waals surface area contributed by atoms with Crippen molar-refractivity contribution in [2.24, 2.45) is 7.05 Å². The number of nitrogens with zero attached hydrogens (tertiary/aromatic N) is 3. The fourth-order valence-electron chi connectivity index (χ4n) is 2.57. The van der Waals surface area contributed by atoms with Crippen molar-refractivity contribution in [1.29, 1.82) is 0 Å². The molecule has 122 valence electrons. The van der Waals surface area contributed by atoms with Crippen molar-refractivity contribution in [3.8, 4) is 11.6 Å². The van der Waals surface area contributed by atoms with Crippen LogP contribution in [0.1, 0.15) is 23.0 Å². The van der Waals surface area contributed by atoms with Gasteiger partial charge in [-0.2, -0.15) is 5.10 Å². The number of aryl methyl sites for hydroxylation is 2. The predicted molar refractivity (Wildman–Crippen MR) is 88.6 cm³/mol. The molecule has 24 heavy (non-hydrogen) atoms. The Balaban J connectivity index is 2.01. The van der Waals surface area contributed by atoms with Crippen LogP contribution in [0.4, 0.5) is 5.69 Å².